The van der Waals surface area contributed by atoms with E-state index in [1.54, 1.807) is 0 Å². The molecule has 0 bridgehead atoms. The van der Waals surface area contributed by atoms with Crippen molar-refractivity contribution < 1.29 is 22.8 Å². The third-order valence-corrected chi connectivity index (χ3v) is 7.89. The van der Waals surface area contributed by atoms with Gasteiger partial charge >= 0.3 is 6.18 Å². The van der Waals surface area contributed by atoms with E-state index in [1.165, 1.54) is 12.4 Å². The van der Waals surface area contributed by atoms with Crippen LogP contribution < -0.4 is 5.32 Å². The monoisotopic (exact) mass is 503 g/mol. The third-order valence-electron chi connectivity index (χ3n) is 7.89. The Morgan fingerprint density at radius 2 is 1.81 bits per heavy atom. The van der Waals surface area contributed by atoms with Crippen molar-refractivity contribution in [3.8, 4) is 0 Å². The second kappa shape index (κ2) is 10.3. The summed E-state index contributed by atoms with van der Waals surface area (Å²) in [5, 5.41) is 3.38. The number of amides is 2. The number of nitrogens with one attached hydrogen (secondary N) is 1. The van der Waals surface area contributed by atoms with Crippen molar-refractivity contribution in [1.82, 2.24) is 25.1 Å². The summed E-state index contributed by atoms with van der Waals surface area (Å²) in [6.45, 7) is 2.53. The molecule has 3 aliphatic rings. The van der Waals surface area contributed by atoms with Crippen LogP contribution in [0, 0.1) is 0 Å². The molecule has 10 heteroatoms. The Labute approximate surface area is 208 Å². The zero-order valence-corrected chi connectivity index (χ0v) is 20.3. The van der Waals surface area contributed by atoms with E-state index >= 15 is 0 Å². The van der Waals surface area contributed by atoms with Gasteiger partial charge in [0.1, 0.15) is 6.33 Å². The van der Waals surface area contributed by atoms with Gasteiger partial charge in [0.05, 0.1) is 22.8 Å². The highest BCUT2D eigenvalue weighted by molar-refractivity contribution is 5.83. The zero-order chi connectivity index (χ0) is 25.3. The van der Waals surface area contributed by atoms with Crippen LogP contribution >= 0.6 is 0 Å². The number of aryl methyl sites for hydroxylation is 1. The molecule has 2 aromatic rings. The van der Waals surface area contributed by atoms with E-state index in [0.29, 0.717) is 41.0 Å². The van der Waals surface area contributed by atoms with Crippen LogP contribution in [-0.4, -0.2) is 69.3 Å². The Hall–Kier alpha value is -2.75. The first-order chi connectivity index (χ1) is 17.3. The summed E-state index contributed by atoms with van der Waals surface area (Å²) in [5.41, 5.74) is 0.129. The first-order valence-electron chi connectivity index (χ1n) is 12.9. The van der Waals surface area contributed by atoms with Crippen molar-refractivity contribution in [1.29, 1.82) is 0 Å². The number of hydrogen-bond donors (Lipinski definition) is 1. The van der Waals surface area contributed by atoms with Gasteiger partial charge in [0.15, 0.2) is 0 Å². The molecule has 1 aromatic heterocycles. The van der Waals surface area contributed by atoms with E-state index in [1.807, 2.05) is 0 Å². The standard InChI is InChI=1S/C26H32F3N5O2/c27-26(28,29)17-4-9-22-21(13-17)23(31-16-30-22)10-11-24(35)32-18-14-33(15-18)19-5-7-20(8-6-19)34-12-2-1-3-25(34)36/h4,9,13,16,18-20H,1-3,5-8,10-12,14-15H2,(H,32,35). The molecule has 2 amide bonds. The number of benzene rings is 1. The number of likely N-dealkylation sites (tertiary alicyclic amines) is 2. The van der Waals surface area contributed by atoms with Gasteiger partial charge in [-0.1, -0.05) is 0 Å². The van der Waals surface area contributed by atoms with Crippen LogP contribution in [0.15, 0.2) is 24.5 Å². The van der Waals surface area contributed by atoms with Gasteiger partial charge < -0.3 is 10.2 Å². The largest absolute Gasteiger partial charge is 0.416 e. The predicted molar refractivity (Wildman–Crippen MR) is 128 cm³/mol. The Balaban J connectivity index is 1.07. The summed E-state index contributed by atoms with van der Waals surface area (Å²) in [4.78, 5) is 37.4. The van der Waals surface area contributed by atoms with Gasteiger partial charge in [-0.2, -0.15) is 13.2 Å². The molecule has 2 aliphatic heterocycles. The van der Waals surface area contributed by atoms with Crippen LogP contribution in [0.1, 0.15) is 62.6 Å². The number of fused-ring (bicyclic) bond motifs is 1. The normalized spacial score (nSPS) is 24.1. The highest BCUT2D eigenvalue weighted by Gasteiger charge is 2.37. The molecule has 1 N–H and O–H groups in total. The van der Waals surface area contributed by atoms with E-state index in [2.05, 4.69) is 25.1 Å². The smallest absolute Gasteiger partial charge is 0.351 e. The van der Waals surface area contributed by atoms with Gasteiger partial charge in [-0.15, -0.1) is 0 Å². The topological polar surface area (TPSA) is 78.4 Å². The molecule has 194 valence electrons. The number of carbonyl (C=O) groups excluding carboxylic acids is 2. The lowest BCUT2D eigenvalue weighted by Gasteiger charge is -2.48. The molecular formula is C26H32F3N5O2. The zero-order valence-electron chi connectivity index (χ0n) is 20.3. The van der Waals surface area contributed by atoms with Crippen LogP contribution in [0.4, 0.5) is 13.2 Å². The molecular weight excluding hydrogens is 471 g/mol. The van der Waals surface area contributed by atoms with Gasteiger partial charge in [-0.05, 0) is 63.1 Å². The predicted octanol–water partition coefficient (Wildman–Crippen LogP) is 3.71. The van der Waals surface area contributed by atoms with Crippen LogP contribution in [0.2, 0.25) is 0 Å². The average molecular weight is 504 g/mol. The van der Waals surface area contributed by atoms with Gasteiger partial charge in [-0.25, -0.2) is 9.97 Å². The number of nitrogens with zero attached hydrogens (tertiary/aromatic N) is 4. The number of alkyl halides is 3. The number of rotatable bonds is 6. The fourth-order valence-electron chi connectivity index (χ4n) is 5.87. The van der Waals surface area contributed by atoms with Gasteiger partial charge in [0.25, 0.3) is 0 Å². The molecule has 1 aliphatic carbocycles. The minimum absolute atomic E-state index is 0.0953. The van der Waals surface area contributed by atoms with E-state index in [9.17, 15) is 22.8 Å². The first-order valence-corrected chi connectivity index (χ1v) is 12.9. The van der Waals surface area contributed by atoms with Crippen molar-refractivity contribution in [2.45, 2.75) is 82.1 Å². The maximum atomic E-state index is 13.1. The molecule has 2 saturated heterocycles. The lowest BCUT2D eigenvalue weighted by atomic mass is 9.86. The molecule has 0 atom stereocenters. The maximum absolute atomic E-state index is 13.1. The summed E-state index contributed by atoms with van der Waals surface area (Å²) in [5.74, 6) is 0.192. The summed E-state index contributed by atoms with van der Waals surface area (Å²) in [7, 11) is 0. The quantitative estimate of drug-likeness (QED) is 0.651. The molecule has 0 unspecified atom stereocenters. The average Bonchev–Trinajstić information content (AvgIpc) is 2.84. The number of carbonyl (C=O) groups is 2. The highest BCUT2D eigenvalue weighted by atomic mass is 19.4. The number of halogens is 3. The Morgan fingerprint density at radius 3 is 2.53 bits per heavy atom. The lowest BCUT2D eigenvalue weighted by molar-refractivity contribution is -0.138. The molecule has 36 heavy (non-hydrogen) atoms. The summed E-state index contributed by atoms with van der Waals surface area (Å²) >= 11 is 0. The lowest BCUT2D eigenvalue weighted by Crippen LogP contribution is -2.63. The summed E-state index contributed by atoms with van der Waals surface area (Å²) in [6, 6.07) is 4.39. The molecule has 7 nitrogen and oxygen atoms in total. The van der Waals surface area contributed by atoms with Crippen molar-refractivity contribution in [2.75, 3.05) is 19.6 Å². The molecule has 0 spiro atoms. The van der Waals surface area contributed by atoms with Gasteiger partial charge in [0, 0.05) is 49.9 Å². The second-order valence-corrected chi connectivity index (χ2v) is 10.3. The molecule has 3 fully saturated rings. The van der Waals surface area contributed by atoms with Gasteiger partial charge in [0.2, 0.25) is 11.8 Å². The molecule has 0 radical (unpaired) electrons. The minimum atomic E-state index is -4.45. The van der Waals surface area contributed by atoms with Crippen molar-refractivity contribution in [3.05, 3.63) is 35.8 Å². The third kappa shape index (κ3) is 5.48. The van der Waals surface area contributed by atoms with Crippen LogP contribution in [0.5, 0.6) is 0 Å². The van der Waals surface area contributed by atoms with E-state index < -0.39 is 11.7 Å². The molecule has 1 saturated carbocycles. The number of piperidine rings is 1. The van der Waals surface area contributed by atoms with E-state index in [-0.39, 0.29) is 24.8 Å². The Morgan fingerprint density at radius 1 is 1.06 bits per heavy atom. The van der Waals surface area contributed by atoms with Crippen LogP contribution in [0.3, 0.4) is 0 Å². The minimum Gasteiger partial charge on any atom is -0.351 e. The number of aromatic nitrogens is 2. The molecule has 3 heterocycles. The highest BCUT2D eigenvalue weighted by Crippen LogP contribution is 2.32. The molecule has 1 aromatic carbocycles. The SMILES string of the molecule is O=C(CCc1ncnc2ccc(C(F)(F)F)cc12)NC1CN(C2CCC(N3CCCCC3=O)CC2)C1. The molecule has 5 rings (SSSR count). The Bertz CT molecular complexity index is 1110. The Kier molecular flexibility index (Phi) is 7.14. The van der Waals surface area contributed by atoms with Crippen LogP contribution in [0.25, 0.3) is 10.9 Å². The maximum Gasteiger partial charge on any atom is 0.416 e. The fourth-order valence-corrected chi connectivity index (χ4v) is 5.87. The van der Waals surface area contributed by atoms with Gasteiger partial charge in [-0.3, -0.25) is 14.5 Å². The van der Waals surface area contributed by atoms with Crippen LogP contribution in [-0.2, 0) is 22.2 Å². The summed E-state index contributed by atoms with van der Waals surface area (Å²) < 4.78 is 39.3. The second-order valence-electron chi connectivity index (χ2n) is 10.3. The van der Waals surface area contributed by atoms with Crippen molar-refractivity contribution in [3.63, 3.8) is 0 Å². The van der Waals surface area contributed by atoms with Crippen molar-refractivity contribution >= 4 is 22.7 Å². The van der Waals surface area contributed by atoms with E-state index in [4.69, 9.17) is 0 Å². The van der Waals surface area contributed by atoms with E-state index in [0.717, 1.165) is 70.3 Å². The fraction of sp³-hybridized carbons (Fsp3) is 0.615. The van der Waals surface area contributed by atoms with Crippen molar-refractivity contribution in [2.24, 2.45) is 0 Å². The number of hydrogen-bond acceptors (Lipinski definition) is 5. The first kappa shape index (κ1) is 24.9. The summed E-state index contributed by atoms with van der Waals surface area (Å²) in [6.07, 6.45) is 4.36.